The second-order valence-electron chi connectivity index (χ2n) is 6.52. The maximum absolute atomic E-state index is 9.13. The molecular formula is C15H23N7O. The van der Waals surface area contributed by atoms with Crippen molar-refractivity contribution in [2.24, 2.45) is 0 Å². The molecule has 8 heteroatoms. The van der Waals surface area contributed by atoms with Gasteiger partial charge in [0.15, 0.2) is 5.82 Å². The van der Waals surface area contributed by atoms with Gasteiger partial charge < -0.3 is 5.11 Å². The van der Waals surface area contributed by atoms with Crippen LogP contribution >= 0.6 is 0 Å². The van der Waals surface area contributed by atoms with Crippen molar-refractivity contribution in [1.82, 2.24) is 34.9 Å². The van der Waals surface area contributed by atoms with Gasteiger partial charge in [-0.15, -0.1) is 5.10 Å². The summed E-state index contributed by atoms with van der Waals surface area (Å²) in [6.45, 7) is 3.65. The number of aromatic nitrogens is 6. The number of hydrogen-bond donors (Lipinski definition) is 1. The van der Waals surface area contributed by atoms with Crippen molar-refractivity contribution in [3.63, 3.8) is 0 Å². The van der Waals surface area contributed by atoms with Gasteiger partial charge in [-0.1, -0.05) is 0 Å². The zero-order valence-corrected chi connectivity index (χ0v) is 13.3. The Bertz CT molecular complexity index is 640. The molecule has 1 aliphatic heterocycles. The number of nitrogens with zero attached hydrogens (tertiary/aromatic N) is 7. The highest BCUT2D eigenvalue weighted by atomic mass is 16.3. The Morgan fingerprint density at radius 1 is 1.17 bits per heavy atom. The Morgan fingerprint density at radius 3 is 2.74 bits per heavy atom. The lowest BCUT2D eigenvalue weighted by molar-refractivity contribution is 0.191. The lowest BCUT2D eigenvalue weighted by atomic mass is 9.93. The predicted molar refractivity (Wildman–Crippen MR) is 82.7 cm³/mol. The van der Waals surface area contributed by atoms with Crippen LogP contribution in [-0.4, -0.2) is 59.7 Å². The smallest absolute Gasteiger partial charge is 0.165 e. The molecule has 1 N–H and O–H groups in total. The lowest BCUT2D eigenvalue weighted by Gasteiger charge is -2.31. The first-order valence-corrected chi connectivity index (χ1v) is 8.47. The second-order valence-corrected chi connectivity index (χ2v) is 6.52. The predicted octanol–water partition coefficient (Wildman–Crippen LogP) is 0.576. The van der Waals surface area contributed by atoms with Gasteiger partial charge in [0, 0.05) is 17.8 Å². The molecule has 2 aromatic heterocycles. The van der Waals surface area contributed by atoms with Gasteiger partial charge in [0.2, 0.25) is 0 Å². The summed E-state index contributed by atoms with van der Waals surface area (Å²) in [6, 6.07) is 2.62. The monoisotopic (exact) mass is 317 g/mol. The minimum absolute atomic E-state index is 0.136. The van der Waals surface area contributed by atoms with E-state index in [0.717, 1.165) is 38.3 Å². The molecule has 124 valence electrons. The van der Waals surface area contributed by atoms with Crippen molar-refractivity contribution in [3.05, 3.63) is 23.8 Å². The summed E-state index contributed by atoms with van der Waals surface area (Å²) < 4.78 is 3.94. The third kappa shape index (κ3) is 3.13. The average Bonchev–Trinajstić information content (AvgIpc) is 3.13. The van der Waals surface area contributed by atoms with E-state index in [-0.39, 0.29) is 6.61 Å². The fourth-order valence-electron chi connectivity index (χ4n) is 3.48. The Kier molecular flexibility index (Phi) is 4.09. The van der Waals surface area contributed by atoms with Crippen LogP contribution in [0.4, 0.5) is 0 Å². The molecule has 1 aliphatic carbocycles. The van der Waals surface area contributed by atoms with Crippen LogP contribution < -0.4 is 0 Å². The van der Waals surface area contributed by atoms with E-state index in [2.05, 4.69) is 31.6 Å². The van der Waals surface area contributed by atoms with Crippen LogP contribution in [0.3, 0.4) is 0 Å². The van der Waals surface area contributed by atoms with Gasteiger partial charge in [0.25, 0.3) is 0 Å². The first-order valence-electron chi connectivity index (χ1n) is 8.47. The van der Waals surface area contributed by atoms with Crippen LogP contribution in [0, 0.1) is 0 Å². The van der Waals surface area contributed by atoms with Gasteiger partial charge in [0.05, 0.1) is 25.7 Å². The van der Waals surface area contributed by atoms with E-state index in [9.17, 15) is 0 Å². The van der Waals surface area contributed by atoms with Crippen molar-refractivity contribution in [2.45, 2.75) is 50.7 Å². The molecule has 0 spiro atoms. The van der Waals surface area contributed by atoms with Gasteiger partial charge in [-0.3, -0.25) is 9.58 Å². The topological polar surface area (TPSA) is 84.9 Å². The maximum Gasteiger partial charge on any atom is 0.165 e. The molecule has 2 aromatic rings. The molecule has 23 heavy (non-hydrogen) atoms. The highest BCUT2D eigenvalue weighted by Crippen LogP contribution is 2.35. The molecule has 8 nitrogen and oxygen atoms in total. The van der Waals surface area contributed by atoms with Crippen molar-refractivity contribution in [2.75, 3.05) is 19.7 Å². The molecule has 0 bridgehead atoms. The van der Waals surface area contributed by atoms with Crippen LogP contribution in [0.5, 0.6) is 0 Å². The Hall–Kier alpha value is -1.80. The van der Waals surface area contributed by atoms with Gasteiger partial charge in [-0.25, -0.2) is 4.68 Å². The van der Waals surface area contributed by atoms with Crippen LogP contribution in [0.1, 0.15) is 49.2 Å². The summed E-state index contributed by atoms with van der Waals surface area (Å²) >= 11 is 0. The van der Waals surface area contributed by atoms with Gasteiger partial charge in [0.1, 0.15) is 0 Å². The molecule has 4 rings (SSSR count). The van der Waals surface area contributed by atoms with Gasteiger partial charge in [-0.05, 0) is 55.3 Å². The van der Waals surface area contributed by atoms with Crippen molar-refractivity contribution >= 4 is 0 Å². The number of likely N-dealkylation sites (tertiary alicyclic amines) is 1. The van der Waals surface area contributed by atoms with E-state index in [1.807, 2.05) is 15.6 Å². The molecule has 0 radical (unpaired) electrons. The minimum Gasteiger partial charge on any atom is -0.394 e. The highest BCUT2D eigenvalue weighted by molar-refractivity contribution is 5.09. The molecular weight excluding hydrogens is 294 g/mol. The summed E-state index contributed by atoms with van der Waals surface area (Å²) in [5.41, 5.74) is 1.25. The summed E-state index contributed by atoms with van der Waals surface area (Å²) in [7, 11) is 0. The molecule has 2 fully saturated rings. The van der Waals surface area contributed by atoms with E-state index < -0.39 is 0 Å². The highest BCUT2D eigenvalue weighted by Gasteiger charge is 2.29. The third-order valence-electron chi connectivity index (χ3n) is 4.89. The Labute approximate surface area is 135 Å². The fourth-order valence-corrected chi connectivity index (χ4v) is 3.48. The molecule has 0 atom stereocenters. The van der Waals surface area contributed by atoms with Gasteiger partial charge in [-0.2, -0.15) is 5.10 Å². The van der Waals surface area contributed by atoms with Crippen molar-refractivity contribution < 1.29 is 5.11 Å². The van der Waals surface area contributed by atoms with Crippen LogP contribution in [0.15, 0.2) is 12.3 Å². The average molecular weight is 317 g/mol. The quantitative estimate of drug-likeness (QED) is 0.839. The lowest BCUT2D eigenvalue weighted by Crippen LogP contribution is -2.34. The number of rotatable bonds is 6. The molecule has 0 unspecified atom stereocenters. The first-order chi connectivity index (χ1) is 11.3. The Morgan fingerprint density at radius 2 is 2.00 bits per heavy atom. The van der Waals surface area contributed by atoms with Crippen LogP contribution in [-0.2, 0) is 13.1 Å². The summed E-state index contributed by atoms with van der Waals surface area (Å²) in [5.74, 6) is 1.52. The Balaban J connectivity index is 1.35. The summed E-state index contributed by atoms with van der Waals surface area (Å²) in [4.78, 5) is 2.44. The maximum atomic E-state index is 9.13. The summed E-state index contributed by atoms with van der Waals surface area (Å²) in [6.07, 6.45) is 6.47. The molecule has 1 saturated carbocycles. The largest absolute Gasteiger partial charge is 0.394 e. The zero-order valence-electron chi connectivity index (χ0n) is 13.3. The number of aliphatic hydroxyl groups excluding tert-OH is 1. The number of hydrogen-bond acceptors (Lipinski definition) is 6. The van der Waals surface area contributed by atoms with Gasteiger partial charge >= 0.3 is 0 Å². The van der Waals surface area contributed by atoms with E-state index >= 15 is 0 Å². The zero-order chi connectivity index (χ0) is 15.6. The SMILES string of the molecule is OCCn1nccc1C1CCN(Cc2nnnn2C2CC2)CC1. The van der Waals surface area contributed by atoms with E-state index in [4.69, 9.17) is 5.11 Å². The first kappa shape index (κ1) is 14.8. The minimum atomic E-state index is 0.136. The standard InChI is InChI=1S/C15H23N7O/c23-10-9-21-14(3-6-16-21)12-4-7-20(8-5-12)11-15-17-18-19-22(15)13-1-2-13/h3,6,12-13,23H,1-2,4-5,7-11H2. The summed E-state index contributed by atoms with van der Waals surface area (Å²) in [5, 5.41) is 25.6. The number of aliphatic hydroxyl groups is 1. The van der Waals surface area contributed by atoms with Crippen molar-refractivity contribution in [3.8, 4) is 0 Å². The molecule has 0 amide bonds. The molecule has 3 heterocycles. The second kappa shape index (κ2) is 6.37. The van der Waals surface area contributed by atoms with Crippen molar-refractivity contribution in [1.29, 1.82) is 0 Å². The third-order valence-corrected chi connectivity index (χ3v) is 4.89. The molecule has 0 aromatic carbocycles. The van der Waals surface area contributed by atoms with Crippen LogP contribution in [0.2, 0.25) is 0 Å². The van der Waals surface area contributed by atoms with E-state index in [0.29, 0.717) is 18.5 Å². The van der Waals surface area contributed by atoms with E-state index in [1.54, 1.807) is 0 Å². The fraction of sp³-hybridized carbons (Fsp3) is 0.733. The van der Waals surface area contributed by atoms with E-state index in [1.165, 1.54) is 18.5 Å². The number of tetrazole rings is 1. The number of piperidine rings is 1. The normalized spacial score (nSPS) is 20.2. The van der Waals surface area contributed by atoms with Crippen LogP contribution in [0.25, 0.3) is 0 Å². The molecule has 1 saturated heterocycles. The molecule has 2 aliphatic rings.